The smallest absolute Gasteiger partial charge is 0.270 e. The first-order valence-corrected chi connectivity index (χ1v) is 10.5. The van der Waals surface area contributed by atoms with Gasteiger partial charge < -0.3 is 14.3 Å². The Morgan fingerprint density at radius 1 is 1.13 bits per heavy atom. The van der Waals surface area contributed by atoms with Gasteiger partial charge in [0.05, 0.1) is 11.2 Å². The monoisotopic (exact) mass is 419 g/mol. The second kappa shape index (κ2) is 8.12. The van der Waals surface area contributed by atoms with E-state index in [1.54, 1.807) is 29.8 Å². The van der Waals surface area contributed by atoms with Gasteiger partial charge in [0.2, 0.25) is 5.52 Å². The van der Waals surface area contributed by atoms with E-state index in [2.05, 4.69) is 40.4 Å². The number of anilines is 1. The topological polar surface area (TPSA) is 45.7 Å². The molecule has 4 rings (SSSR count). The highest BCUT2D eigenvalue weighted by molar-refractivity contribution is 5.89. The predicted molar refractivity (Wildman–Crippen MR) is 121 cm³/mol. The molecule has 7 heteroatoms. The van der Waals surface area contributed by atoms with Crippen molar-refractivity contribution < 1.29 is 4.39 Å². The first kappa shape index (κ1) is 21.0. The second-order valence-corrected chi connectivity index (χ2v) is 8.22. The van der Waals surface area contributed by atoms with Gasteiger partial charge in [0.15, 0.2) is 0 Å². The van der Waals surface area contributed by atoms with Gasteiger partial charge in [-0.3, -0.25) is 9.69 Å². The molecule has 160 valence electrons. The standard InChI is InChI=1S/C24H26FN5O/c1-15-16(2)30(13-12-29(15)17(3)18-6-8-19(25)9-7-18)21-14-23(31)28(5)20-10-11-22(26-4)27-24(20)21/h6-11,14-17H,12-13H2,1-3,5H3. The summed E-state index contributed by atoms with van der Waals surface area (Å²) in [4.78, 5) is 25.3. The number of piperazine rings is 1. The van der Waals surface area contributed by atoms with E-state index in [0.717, 1.165) is 29.9 Å². The maximum atomic E-state index is 13.3. The zero-order valence-corrected chi connectivity index (χ0v) is 18.2. The summed E-state index contributed by atoms with van der Waals surface area (Å²) in [5.41, 5.74) is 3.15. The maximum Gasteiger partial charge on any atom is 0.270 e. The largest absolute Gasteiger partial charge is 0.362 e. The van der Waals surface area contributed by atoms with E-state index in [-0.39, 0.29) is 29.5 Å². The van der Waals surface area contributed by atoms with Crippen LogP contribution in [0, 0.1) is 12.4 Å². The number of benzene rings is 1. The molecule has 0 N–H and O–H groups in total. The molecule has 0 aliphatic carbocycles. The maximum absolute atomic E-state index is 13.3. The molecule has 3 unspecified atom stereocenters. The van der Waals surface area contributed by atoms with E-state index >= 15 is 0 Å². The van der Waals surface area contributed by atoms with Crippen LogP contribution in [0.3, 0.4) is 0 Å². The Bertz CT molecular complexity index is 1210. The summed E-state index contributed by atoms with van der Waals surface area (Å²) in [6, 6.07) is 12.2. The first-order chi connectivity index (χ1) is 14.8. The van der Waals surface area contributed by atoms with Gasteiger partial charge in [-0.1, -0.05) is 18.7 Å². The normalized spacial score (nSPS) is 20.6. The van der Waals surface area contributed by atoms with Gasteiger partial charge in [-0.05, 0) is 50.6 Å². The van der Waals surface area contributed by atoms with Crippen LogP contribution in [-0.2, 0) is 7.05 Å². The third kappa shape index (κ3) is 3.68. The van der Waals surface area contributed by atoms with Crippen molar-refractivity contribution in [2.75, 3.05) is 18.0 Å². The highest BCUT2D eigenvalue weighted by Gasteiger charge is 2.35. The number of halogens is 1. The van der Waals surface area contributed by atoms with Crippen molar-refractivity contribution >= 4 is 22.5 Å². The van der Waals surface area contributed by atoms with Gasteiger partial charge >= 0.3 is 0 Å². The van der Waals surface area contributed by atoms with Crippen molar-refractivity contribution in [1.29, 1.82) is 0 Å². The van der Waals surface area contributed by atoms with Gasteiger partial charge in [-0.25, -0.2) is 4.39 Å². The predicted octanol–water partition coefficient (Wildman–Crippen LogP) is 4.28. The molecular weight excluding hydrogens is 393 g/mol. The fourth-order valence-corrected chi connectivity index (χ4v) is 4.57. The molecule has 6 nitrogen and oxygen atoms in total. The molecule has 1 fully saturated rings. The summed E-state index contributed by atoms with van der Waals surface area (Å²) in [6.07, 6.45) is 0. The fraction of sp³-hybridized carbons (Fsp3) is 0.375. The Balaban J connectivity index is 1.69. The Morgan fingerprint density at radius 2 is 1.84 bits per heavy atom. The van der Waals surface area contributed by atoms with Crippen LogP contribution < -0.4 is 10.5 Å². The van der Waals surface area contributed by atoms with Crippen molar-refractivity contribution in [3.63, 3.8) is 0 Å². The molecule has 0 bridgehead atoms. The van der Waals surface area contributed by atoms with Gasteiger partial charge in [0.1, 0.15) is 5.82 Å². The number of hydrogen-bond donors (Lipinski definition) is 0. The molecule has 0 saturated carbocycles. The number of hydrogen-bond acceptors (Lipinski definition) is 4. The number of nitrogens with zero attached hydrogens (tertiary/aromatic N) is 5. The van der Waals surface area contributed by atoms with Gasteiger partial charge in [-0.15, -0.1) is 4.98 Å². The zero-order valence-electron chi connectivity index (χ0n) is 18.2. The number of fused-ring (bicyclic) bond motifs is 1. The summed E-state index contributed by atoms with van der Waals surface area (Å²) >= 11 is 0. The Labute approximate surface area is 181 Å². The molecule has 3 atom stereocenters. The highest BCUT2D eigenvalue weighted by Crippen LogP contribution is 2.33. The van der Waals surface area contributed by atoms with E-state index in [9.17, 15) is 9.18 Å². The van der Waals surface area contributed by atoms with Crippen molar-refractivity contribution in [3.05, 3.63) is 75.6 Å². The van der Waals surface area contributed by atoms with Crippen LogP contribution in [-0.4, -0.2) is 39.6 Å². The minimum atomic E-state index is -0.231. The average Bonchev–Trinajstić information content (AvgIpc) is 2.78. The lowest BCUT2D eigenvalue weighted by molar-refractivity contribution is 0.113. The first-order valence-electron chi connectivity index (χ1n) is 10.5. The molecular formula is C24H26FN5O. The molecule has 3 heterocycles. The minimum Gasteiger partial charge on any atom is -0.362 e. The van der Waals surface area contributed by atoms with Crippen LogP contribution >= 0.6 is 0 Å². The van der Waals surface area contributed by atoms with E-state index in [4.69, 9.17) is 6.57 Å². The zero-order chi connectivity index (χ0) is 22.3. The SMILES string of the molecule is [C-]#[N+]c1ccc2c(n1)c(N1CCN(C(C)c3ccc(F)cc3)C(C)C1C)cc(=O)n2C. The summed E-state index contributed by atoms with van der Waals surface area (Å²) in [7, 11) is 1.72. The lowest BCUT2D eigenvalue weighted by Gasteiger charge is -2.48. The van der Waals surface area contributed by atoms with Crippen LogP contribution in [0.15, 0.2) is 47.3 Å². The van der Waals surface area contributed by atoms with Crippen LogP contribution in [0.25, 0.3) is 15.9 Å². The molecule has 3 aromatic rings. The summed E-state index contributed by atoms with van der Waals surface area (Å²) in [5, 5.41) is 0. The molecule has 1 aliphatic rings. The lowest BCUT2D eigenvalue weighted by atomic mass is 9.98. The average molecular weight is 420 g/mol. The molecule has 1 aliphatic heterocycles. The second-order valence-electron chi connectivity index (χ2n) is 8.22. The van der Waals surface area contributed by atoms with Gasteiger partial charge in [0, 0.05) is 44.3 Å². The molecule has 1 saturated heterocycles. The molecule has 0 radical (unpaired) electrons. The van der Waals surface area contributed by atoms with Crippen molar-refractivity contribution in [3.8, 4) is 0 Å². The van der Waals surface area contributed by atoms with E-state index < -0.39 is 0 Å². The van der Waals surface area contributed by atoms with Crippen LogP contribution in [0.2, 0.25) is 0 Å². The molecule has 1 aromatic carbocycles. The quantitative estimate of drug-likeness (QED) is 0.595. The molecule has 2 aromatic heterocycles. The number of aromatic nitrogens is 2. The van der Waals surface area contributed by atoms with Crippen LogP contribution in [0.5, 0.6) is 0 Å². The Kier molecular flexibility index (Phi) is 5.50. The van der Waals surface area contributed by atoms with Gasteiger partial charge in [0.25, 0.3) is 11.4 Å². The number of pyridine rings is 2. The number of rotatable bonds is 3. The van der Waals surface area contributed by atoms with E-state index in [0.29, 0.717) is 11.3 Å². The lowest BCUT2D eigenvalue weighted by Crippen LogP contribution is -2.58. The van der Waals surface area contributed by atoms with Crippen LogP contribution in [0.4, 0.5) is 15.9 Å². The van der Waals surface area contributed by atoms with E-state index in [1.807, 2.05) is 12.1 Å². The van der Waals surface area contributed by atoms with Crippen molar-refractivity contribution in [1.82, 2.24) is 14.5 Å². The summed E-state index contributed by atoms with van der Waals surface area (Å²) < 4.78 is 14.9. The third-order valence-corrected chi connectivity index (χ3v) is 6.64. The highest BCUT2D eigenvalue weighted by atomic mass is 19.1. The molecule has 0 amide bonds. The van der Waals surface area contributed by atoms with Gasteiger partial charge in [-0.2, -0.15) is 0 Å². The van der Waals surface area contributed by atoms with E-state index in [1.165, 1.54) is 12.1 Å². The summed E-state index contributed by atoms with van der Waals surface area (Å²) in [6.45, 7) is 15.3. The summed E-state index contributed by atoms with van der Waals surface area (Å²) in [5.74, 6) is 0.0858. The Morgan fingerprint density at radius 3 is 2.52 bits per heavy atom. The number of aryl methyl sites for hydroxylation is 1. The van der Waals surface area contributed by atoms with Crippen LogP contribution in [0.1, 0.15) is 32.4 Å². The van der Waals surface area contributed by atoms with Crippen molar-refractivity contribution in [2.24, 2.45) is 7.05 Å². The van der Waals surface area contributed by atoms with Crippen molar-refractivity contribution in [2.45, 2.75) is 38.9 Å². The minimum absolute atomic E-state index is 0.0955. The third-order valence-electron chi connectivity index (χ3n) is 6.64. The molecule has 0 spiro atoms. The fourth-order valence-electron chi connectivity index (χ4n) is 4.57. The Hall–Kier alpha value is -3.24. The molecule has 31 heavy (non-hydrogen) atoms.